The highest BCUT2D eigenvalue weighted by Gasteiger charge is 2.51. The monoisotopic (exact) mass is 341 g/mol. The number of hydrogen-bond acceptors (Lipinski definition) is 3. The van der Waals surface area contributed by atoms with Gasteiger partial charge in [-0.25, -0.2) is 4.79 Å². The van der Waals surface area contributed by atoms with Crippen LogP contribution in [-0.2, 0) is 10.2 Å². The topological polar surface area (TPSA) is 69.9 Å². The lowest BCUT2D eigenvalue weighted by Gasteiger charge is -2.25. The summed E-state index contributed by atoms with van der Waals surface area (Å²) < 4.78 is 0. The first-order chi connectivity index (χ1) is 11.9. The third kappa shape index (κ3) is 2.59. The number of amides is 3. The summed E-state index contributed by atoms with van der Waals surface area (Å²) in [5.41, 5.74) is 7.92. The van der Waals surface area contributed by atoms with Crippen molar-refractivity contribution in [2.45, 2.75) is 36.8 Å². The van der Waals surface area contributed by atoms with Crippen molar-refractivity contribution >= 4 is 17.6 Å². The minimum Gasteiger partial charge on any atom is -0.368 e. The molecule has 6 nitrogen and oxygen atoms in total. The van der Waals surface area contributed by atoms with Gasteiger partial charge in [0.05, 0.1) is 6.04 Å². The number of urea groups is 1. The van der Waals surface area contributed by atoms with Crippen LogP contribution < -0.4 is 10.6 Å². The Hall–Kier alpha value is -2.08. The van der Waals surface area contributed by atoms with Crippen LogP contribution in [0.3, 0.4) is 0 Å². The average molecular weight is 341 g/mol. The van der Waals surface area contributed by atoms with Gasteiger partial charge in [0.25, 0.3) is 0 Å². The third-order valence-corrected chi connectivity index (χ3v) is 5.71. The molecule has 3 aliphatic rings. The summed E-state index contributed by atoms with van der Waals surface area (Å²) in [6.45, 7) is 1.69. The van der Waals surface area contributed by atoms with E-state index in [1.165, 1.54) is 18.4 Å². The summed E-state index contributed by atoms with van der Waals surface area (Å²) in [6.07, 6.45) is 5.24. The fraction of sp³-hybridized carbons (Fsp3) is 0.526. The van der Waals surface area contributed by atoms with Crippen LogP contribution in [-0.4, -0.2) is 61.0 Å². The van der Waals surface area contributed by atoms with E-state index in [4.69, 9.17) is 5.73 Å². The Morgan fingerprint density at radius 3 is 2.52 bits per heavy atom. The molecule has 0 spiro atoms. The number of rotatable bonds is 5. The highest BCUT2D eigenvalue weighted by molar-refractivity contribution is 6.04. The van der Waals surface area contributed by atoms with Crippen LogP contribution in [0.1, 0.15) is 24.8 Å². The van der Waals surface area contributed by atoms with Gasteiger partial charge in [0.2, 0.25) is 5.91 Å². The SMILES string of the molecule is CN(C)CC1(c2ccc(N3C(=O)N4CC[CH][C@@H]4C3C(N)=O)cc2)CC1. The van der Waals surface area contributed by atoms with Crippen LogP contribution >= 0.6 is 0 Å². The fourth-order valence-electron chi connectivity index (χ4n) is 4.43. The molecule has 1 aliphatic carbocycles. The molecular formula is C19H25N4O2. The largest absolute Gasteiger partial charge is 0.368 e. The number of carbonyl (C=O) groups excluding carboxylic acids is 2. The maximum absolute atomic E-state index is 12.8. The Morgan fingerprint density at radius 1 is 1.28 bits per heavy atom. The summed E-state index contributed by atoms with van der Waals surface area (Å²) in [4.78, 5) is 30.3. The van der Waals surface area contributed by atoms with E-state index in [0.717, 1.165) is 18.7 Å². The Balaban J connectivity index is 1.61. The van der Waals surface area contributed by atoms with Gasteiger partial charge in [-0.05, 0) is 57.5 Å². The predicted octanol–water partition coefficient (Wildman–Crippen LogP) is 1.35. The number of primary amides is 1. The Labute approximate surface area is 148 Å². The number of likely N-dealkylation sites (N-methyl/N-ethyl adjacent to an activating group) is 1. The van der Waals surface area contributed by atoms with E-state index in [1.54, 1.807) is 9.80 Å². The molecular weight excluding hydrogens is 316 g/mol. The molecule has 1 aromatic carbocycles. The molecule has 1 saturated carbocycles. The van der Waals surface area contributed by atoms with E-state index in [2.05, 4.69) is 31.1 Å². The predicted molar refractivity (Wildman–Crippen MR) is 96.2 cm³/mol. The van der Waals surface area contributed by atoms with E-state index in [1.807, 2.05) is 18.6 Å². The summed E-state index contributed by atoms with van der Waals surface area (Å²) in [5, 5.41) is 0. The smallest absolute Gasteiger partial charge is 0.325 e. The van der Waals surface area contributed by atoms with Crippen molar-refractivity contribution in [2.75, 3.05) is 32.1 Å². The number of nitrogens with two attached hydrogens (primary N) is 1. The van der Waals surface area contributed by atoms with Crippen molar-refractivity contribution in [2.24, 2.45) is 5.73 Å². The first-order valence-corrected chi connectivity index (χ1v) is 8.91. The highest BCUT2D eigenvalue weighted by atomic mass is 16.2. The molecule has 2 saturated heterocycles. The van der Waals surface area contributed by atoms with E-state index >= 15 is 0 Å². The van der Waals surface area contributed by atoms with E-state index in [9.17, 15) is 9.59 Å². The van der Waals surface area contributed by atoms with Crippen LogP contribution in [0.2, 0.25) is 0 Å². The van der Waals surface area contributed by atoms with Crippen molar-refractivity contribution in [3.63, 3.8) is 0 Å². The number of nitrogens with zero attached hydrogens (tertiary/aromatic N) is 3. The van der Waals surface area contributed by atoms with Crippen LogP contribution in [0.15, 0.2) is 24.3 Å². The minimum atomic E-state index is -0.613. The second-order valence-electron chi connectivity index (χ2n) is 7.77. The molecule has 6 heteroatoms. The molecule has 1 aromatic rings. The van der Waals surface area contributed by atoms with E-state index in [0.29, 0.717) is 6.54 Å². The van der Waals surface area contributed by atoms with E-state index < -0.39 is 11.9 Å². The molecule has 0 aromatic heterocycles. The van der Waals surface area contributed by atoms with Gasteiger partial charge >= 0.3 is 6.03 Å². The van der Waals surface area contributed by atoms with Gasteiger partial charge in [0.15, 0.2) is 0 Å². The highest BCUT2D eigenvalue weighted by Crippen LogP contribution is 2.49. The Morgan fingerprint density at radius 2 is 1.96 bits per heavy atom. The molecule has 2 N–H and O–H groups in total. The standard InChI is InChI=1S/C19H25N4O2/c1-21(2)12-19(9-10-19)13-5-7-14(8-6-13)23-16(17(20)24)15-4-3-11-22(15)18(23)25/h4-8,15-16H,3,9-12H2,1-2H3,(H2,20,24)/t15-,16?/m1/s1. The molecule has 0 bridgehead atoms. The summed E-state index contributed by atoms with van der Waals surface area (Å²) in [5.74, 6) is -0.450. The maximum atomic E-state index is 12.8. The molecule has 25 heavy (non-hydrogen) atoms. The van der Waals surface area contributed by atoms with Gasteiger partial charge in [-0.15, -0.1) is 0 Å². The number of fused-ring (bicyclic) bond motifs is 1. The first kappa shape index (κ1) is 16.4. The first-order valence-electron chi connectivity index (χ1n) is 8.91. The molecule has 4 rings (SSSR count). The van der Waals surface area contributed by atoms with Gasteiger partial charge in [0, 0.05) is 24.2 Å². The molecule has 133 valence electrons. The Kier molecular flexibility index (Phi) is 3.76. The average Bonchev–Trinajstić information content (AvgIpc) is 3.07. The second kappa shape index (κ2) is 5.73. The number of benzene rings is 1. The molecule has 1 radical (unpaired) electrons. The zero-order valence-electron chi connectivity index (χ0n) is 14.8. The van der Waals surface area contributed by atoms with E-state index in [-0.39, 0.29) is 17.5 Å². The zero-order valence-corrected chi connectivity index (χ0v) is 14.8. The quantitative estimate of drug-likeness (QED) is 0.879. The maximum Gasteiger partial charge on any atom is 0.325 e. The summed E-state index contributed by atoms with van der Waals surface area (Å²) in [6, 6.07) is 7.19. The van der Waals surface area contributed by atoms with Crippen molar-refractivity contribution in [1.29, 1.82) is 0 Å². The number of hydrogen-bond donors (Lipinski definition) is 1. The number of carbonyl (C=O) groups is 2. The van der Waals surface area contributed by atoms with Crippen molar-refractivity contribution in [3.05, 3.63) is 36.2 Å². The molecule has 1 unspecified atom stereocenters. The lowest BCUT2D eigenvalue weighted by Crippen LogP contribution is -2.46. The second-order valence-corrected chi connectivity index (χ2v) is 7.77. The third-order valence-electron chi connectivity index (χ3n) is 5.71. The van der Waals surface area contributed by atoms with Crippen molar-refractivity contribution in [3.8, 4) is 0 Å². The molecule has 3 fully saturated rings. The van der Waals surface area contributed by atoms with Crippen LogP contribution in [0.4, 0.5) is 10.5 Å². The zero-order chi connectivity index (χ0) is 17.8. The minimum absolute atomic E-state index is 0.121. The van der Waals surface area contributed by atoms with Crippen LogP contribution in [0, 0.1) is 6.42 Å². The Bertz CT molecular complexity index is 696. The molecule has 2 heterocycles. The van der Waals surface area contributed by atoms with Gasteiger partial charge in [0.1, 0.15) is 6.04 Å². The fourth-order valence-corrected chi connectivity index (χ4v) is 4.43. The van der Waals surface area contributed by atoms with Gasteiger partial charge in [-0.2, -0.15) is 0 Å². The molecule has 2 atom stereocenters. The van der Waals surface area contributed by atoms with Crippen LogP contribution in [0.25, 0.3) is 0 Å². The molecule has 3 amide bonds. The van der Waals surface area contributed by atoms with Crippen LogP contribution in [0.5, 0.6) is 0 Å². The number of anilines is 1. The van der Waals surface area contributed by atoms with Gasteiger partial charge < -0.3 is 15.5 Å². The van der Waals surface area contributed by atoms with Crippen molar-refractivity contribution < 1.29 is 9.59 Å². The van der Waals surface area contributed by atoms with Crippen molar-refractivity contribution in [1.82, 2.24) is 9.80 Å². The molecule has 2 aliphatic heterocycles. The summed E-state index contributed by atoms with van der Waals surface area (Å²) >= 11 is 0. The normalized spacial score (nSPS) is 27.1. The lowest BCUT2D eigenvalue weighted by atomic mass is 9.95. The van der Waals surface area contributed by atoms with Gasteiger partial charge in [-0.1, -0.05) is 12.1 Å². The lowest BCUT2D eigenvalue weighted by molar-refractivity contribution is -0.119. The summed E-state index contributed by atoms with van der Waals surface area (Å²) in [7, 11) is 4.19. The van der Waals surface area contributed by atoms with Gasteiger partial charge in [-0.3, -0.25) is 9.69 Å².